The highest BCUT2D eigenvalue weighted by molar-refractivity contribution is 7.92. The number of hydrogen-bond donors (Lipinski definition) is 0. The van der Waals surface area contributed by atoms with Crippen molar-refractivity contribution in [2.75, 3.05) is 11.5 Å². The Balaban J connectivity index is 2.21. The summed E-state index contributed by atoms with van der Waals surface area (Å²) in [6.07, 6.45) is 7.66. The fraction of sp³-hybridized carbons (Fsp3) is 0.636. The molecule has 0 saturated carbocycles. The van der Waals surface area contributed by atoms with Crippen LogP contribution in [0.4, 0.5) is 0 Å². The Morgan fingerprint density at radius 2 is 2.14 bits per heavy atom. The molecule has 0 saturated heterocycles. The van der Waals surface area contributed by atoms with E-state index < -0.39 is 9.84 Å². The molecule has 3 heteroatoms. The molecule has 0 bridgehead atoms. The molecule has 0 spiro atoms. The Morgan fingerprint density at radius 1 is 1.36 bits per heavy atom. The molecule has 1 aliphatic heterocycles. The van der Waals surface area contributed by atoms with E-state index in [0.29, 0.717) is 5.92 Å². The van der Waals surface area contributed by atoms with E-state index in [1.54, 1.807) is 0 Å². The van der Waals surface area contributed by atoms with Crippen LogP contribution in [0.15, 0.2) is 23.3 Å². The van der Waals surface area contributed by atoms with Gasteiger partial charge in [-0.05, 0) is 36.3 Å². The average Bonchev–Trinajstić information content (AvgIpc) is 2.47. The van der Waals surface area contributed by atoms with Gasteiger partial charge >= 0.3 is 0 Å². The van der Waals surface area contributed by atoms with Crippen molar-refractivity contribution < 1.29 is 8.42 Å². The van der Waals surface area contributed by atoms with Gasteiger partial charge in [-0.15, -0.1) is 0 Å². The molecule has 0 amide bonds. The standard InChI is InChI=1S/C11H16O2S/c1-9-4-2-3-5-11(9)10-6-7-14(12,13)8-10/h5-6,9H,2-4,7-8H2,1H3. The Bertz CT molecular complexity index is 388. The summed E-state index contributed by atoms with van der Waals surface area (Å²) in [4.78, 5) is 0. The quantitative estimate of drug-likeness (QED) is 0.667. The Morgan fingerprint density at radius 3 is 2.71 bits per heavy atom. The number of allylic oxidation sites excluding steroid dienone is 2. The van der Waals surface area contributed by atoms with E-state index in [1.165, 1.54) is 18.4 Å². The molecule has 1 aliphatic carbocycles. The topological polar surface area (TPSA) is 34.1 Å². The molecule has 1 unspecified atom stereocenters. The molecule has 0 radical (unpaired) electrons. The maximum absolute atomic E-state index is 11.3. The Kier molecular flexibility index (Phi) is 2.52. The third kappa shape index (κ3) is 1.92. The Labute approximate surface area is 85.6 Å². The first-order valence-electron chi connectivity index (χ1n) is 5.18. The molecule has 0 aromatic carbocycles. The van der Waals surface area contributed by atoms with Crippen LogP contribution in [-0.4, -0.2) is 19.9 Å². The van der Waals surface area contributed by atoms with Gasteiger partial charge in [-0.25, -0.2) is 8.42 Å². The van der Waals surface area contributed by atoms with E-state index in [-0.39, 0.29) is 11.5 Å². The highest BCUT2D eigenvalue weighted by Crippen LogP contribution is 2.32. The maximum atomic E-state index is 11.3. The normalized spacial score (nSPS) is 31.1. The summed E-state index contributed by atoms with van der Waals surface area (Å²) in [5, 5.41) is 0. The van der Waals surface area contributed by atoms with Crippen LogP contribution in [0.1, 0.15) is 26.2 Å². The van der Waals surface area contributed by atoms with Gasteiger partial charge < -0.3 is 0 Å². The van der Waals surface area contributed by atoms with Gasteiger partial charge in [0, 0.05) is 0 Å². The highest BCUT2D eigenvalue weighted by Gasteiger charge is 2.25. The summed E-state index contributed by atoms with van der Waals surface area (Å²) in [5.41, 5.74) is 2.36. The van der Waals surface area contributed by atoms with Crippen LogP contribution in [-0.2, 0) is 9.84 Å². The minimum Gasteiger partial charge on any atom is -0.228 e. The second-order valence-corrected chi connectivity index (χ2v) is 6.38. The predicted octanol–water partition coefficient (Wildman–Crippen LogP) is 2.09. The largest absolute Gasteiger partial charge is 0.228 e. The molecular formula is C11H16O2S. The van der Waals surface area contributed by atoms with Gasteiger partial charge in [-0.3, -0.25) is 0 Å². The monoisotopic (exact) mass is 212 g/mol. The summed E-state index contributed by atoms with van der Waals surface area (Å²) in [6, 6.07) is 0. The van der Waals surface area contributed by atoms with Gasteiger partial charge in [-0.2, -0.15) is 0 Å². The van der Waals surface area contributed by atoms with Gasteiger partial charge in [0.05, 0.1) is 11.5 Å². The summed E-state index contributed by atoms with van der Waals surface area (Å²) in [6.45, 7) is 2.19. The zero-order valence-electron chi connectivity index (χ0n) is 8.49. The molecule has 0 fully saturated rings. The SMILES string of the molecule is CC1CCCC=C1C1=CCS(=O)(=O)C1. The van der Waals surface area contributed by atoms with Crippen LogP contribution >= 0.6 is 0 Å². The van der Waals surface area contributed by atoms with E-state index in [0.717, 1.165) is 12.0 Å². The number of rotatable bonds is 1. The lowest BCUT2D eigenvalue weighted by Crippen LogP contribution is -2.10. The molecule has 0 N–H and O–H groups in total. The lowest BCUT2D eigenvalue weighted by Gasteiger charge is -2.21. The van der Waals surface area contributed by atoms with Crippen LogP contribution in [0.5, 0.6) is 0 Å². The van der Waals surface area contributed by atoms with Crippen molar-refractivity contribution in [3.05, 3.63) is 23.3 Å². The summed E-state index contributed by atoms with van der Waals surface area (Å²) in [7, 11) is -2.80. The van der Waals surface area contributed by atoms with Crippen LogP contribution in [0, 0.1) is 5.92 Å². The molecule has 1 heterocycles. The van der Waals surface area contributed by atoms with E-state index in [4.69, 9.17) is 0 Å². The fourth-order valence-corrected chi connectivity index (χ4v) is 3.60. The van der Waals surface area contributed by atoms with Crippen molar-refractivity contribution in [1.82, 2.24) is 0 Å². The van der Waals surface area contributed by atoms with E-state index >= 15 is 0 Å². The van der Waals surface area contributed by atoms with E-state index in [9.17, 15) is 8.42 Å². The molecular weight excluding hydrogens is 196 g/mol. The van der Waals surface area contributed by atoms with Crippen molar-refractivity contribution in [2.45, 2.75) is 26.2 Å². The van der Waals surface area contributed by atoms with Gasteiger partial charge in [0.1, 0.15) is 0 Å². The first kappa shape index (κ1) is 9.97. The van der Waals surface area contributed by atoms with Crippen molar-refractivity contribution in [3.8, 4) is 0 Å². The first-order valence-corrected chi connectivity index (χ1v) is 7.00. The molecule has 0 aromatic rings. The molecule has 14 heavy (non-hydrogen) atoms. The summed E-state index contributed by atoms with van der Waals surface area (Å²) in [5.74, 6) is 1.05. The zero-order chi connectivity index (χ0) is 10.2. The van der Waals surface area contributed by atoms with Gasteiger partial charge in [0.2, 0.25) is 0 Å². The average molecular weight is 212 g/mol. The van der Waals surface area contributed by atoms with Crippen LogP contribution in [0.3, 0.4) is 0 Å². The second kappa shape index (κ2) is 3.54. The van der Waals surface area contributed by atoms with Gasteiger partial charge in [0.15, 0.2) is 9.84 Å². The third-order valence-corrected chi connectivity index (χ3v) is 4.49. The first-order chi connectivity index (χ1) is 6.58. The van der Waals surface area contributed by atoms with Crippen molar-refractivity contribution in [2.24, 2.45) is 5.92 Å². The molecule has 2 aliphatic rings. The lowest BCUT2D eigenvalue weighted by atomic mass is 9.85. The lowest BCUT2D eigenvalue weighted by molar-refractivity contribution is 0.557. The molecule has 1 atom stereocenters. The Hall–Kier alpha value is -0.570. The smallest absolute Gasteiger partial charge is 0.158 e. The zero-order valence-corrected chi connectivity index (χ0v) is 9.31. The molecule has 78 valence electrons. The third-order valence-electron chi connectivity index (χ3n) is 3.07. The summed E-state index contributed by atoms with van der Waals surface area (Å²) < 4.78 is 22.6. The molecule has 2 rings (SSSR count). The van der Waals surface area contributed by atoms with E-state index in [2.05, 4.69) is 13.0 Å². The highest BCUT2D eigenvalue weighted by atomic mass is 32.2. The summed E-state index contributed by atoms with van der Waals surface area (Å²) >= 11 is 0. The van der Waals surface area contributed by atoms with Gasteiger partial charge in [-0.1, -0.05) is 19.1 Å². The minimum absolute atomic E-state index is 0.242. The van der Waals surface area contributed by atoms with Gasteiger partial charge in [0.25, 0.3) is 0 Å². The molecule has 2 nitrogen and oxygen atoms in total. The molecule has 0 aromatic heterocycles. The van der Waals surface area contributed by atoms with Crippen LogP contribution in [0.2, 0.25) is 0 Å². The fourth-order valence-electron chi connectivity index (χ4n) is 2.27. The van der Waals surface area contributed by atoms with E-state index in [1.807, 2.05) is 6.08 Å². The van der Waals surface area contributed by atoms with Crippen molar-refractivity contribution >= 4 is 9.84 Å². The predicted molar refractivity (Wildman–Crippen MR) is 57.8 cm³/mol. The van der Waals surface area contributed by atoms with Crippen LogP contribution < -0.4 is 0 Å². The second-order valence-electron chi connectivity index (χ2n) is 4.28. The van der Waals surface area contributed by atoms with Crippen molar-refractivity contribution in [1.29, 1.82) is 0 Å². The number of sulfone groups is 1. The van der Waals surface area contributed by atoms with Crippen LogP contribution in [0.25, 0.3) is 0 Å². The van der Waals surface area contributed by atoms with Crippen molar-refractivity contribution in [3.63, 3.8) is 0 Å². The maximum Gasteiger partial charge on any atom is 0.158 e. The number of hydrogen-bond acceptors (Lipinski definition) is 2. The minimum atomic E-state index is -2.80.